The Morgan fingerprint density at radius 2 is 2.00 bits per heavy atom. The Morgan fingerprint density at radius 3 is 2.67 bits per heavy atom. The number of hydrogen-bond donors (Lipinski definition) is 2. The highest BCUT2D eigenvalue weighted by Gasteiger charge is 2.17. The fourth-order valence-electron chi connectivity index (χ4n) is 1.99. The molecule has 0 atom stereocenters. The quantitative estimate of drug-likeness (QED) is 0.816. The van der Waals surface area contributed by atoms with E-state index in [-0.39, 0.29) is 18.7 Å². The van der Waals surface area contributed by atoms with E-state index in [9.17, 15) is 9.59 Å². The Kier molecular flexibility index (Phi) is 6.00. The molecule has 0 saturated heterocycles. The Morgan fingerprint density at radius 1 is 1.25 bits per heavy atom. The predicted molar refractivity (Wildman–Crippen MR) is 90.8 cm³/mol. The number of rotatable bonds is 6. The Bertz CT molecular complexity index is 781. The zero-order valence-corrected chi connectivity index (χ0v) is 14.2. The van der Waals surface area contributed by atoms with Gasteiger partial charge in [-0.2, -0.15) is 0 Å². The zero-order chi connectivity index (χ0) is 17.7. The number of carbonyl (C=O) groups excluding carboxylic acids is 1. The maximum atomic E-state index is 12.1. The van der Waals surface area contributed by atoms with Crippen LogP contribution in [0, 0.1) is 0 Å². The first-order valence-electron chi connectivity index (χ1n) is 6.93. The first-order valence-corrected chi connectivity index (χ1v) is 7.69. The van der Waals surface area contributed by atoms with Gasteiger partial charge in [-0.3, -0.25) is 9.59 Å². The molecule has 6 nitrogen and oxygen atoms in total. The molecule has 1 aromatic carbocycles. The molecule has 24 heavy (non-hydrogen) atoms. The summed E-state index contributed by atoms with van der Waals surface area (Å²) in [6.45, 7) is 0.00906. The molecule has 0 saturated carbocycles. The fourth-order valence-corrected chi connectivity index (χ4v) is 2.38. The van der Waals surface area contributed by atoms with Crippen LogP contribution in [-0.2, 0) is 4.79 Å². The van der Waals surface area contributed by atoms with Crippen molar-refractivity contribution in [1.29, 1.82) is 0 Å². The van der Waals surface area contributed by atoms with E-state index in [4.69, 9.17) is 33.0 Å². The van der Waals surface area contributed by atoms with Gasteiger partial charge in [0.2, 0.25) is 0 Å². The maximum Gasteiger partial charge on any atom is 0.305 e. The Balaban J connectivity index is 2.36. The molecule has 2 rings (SSSR count). The lowest BCUT2D eigenvalue weighted by Gasteiger charge is -2.12. The van der Waals surface area contributed by atoms with Gasteiger partial charge in [-0.05, 0) is 18.2 Å². The van der Waals surface area contributed by atoms with Crippen molar-refractivity contribution in [3.05, 3.63) is 46.1 Å². The molecule has 0 aliphatic carbocycles. The van der Waals surface area contributed by atoms with Gasteiger partial charge in [-0.1, -0.05) is 35.3 Å². The summed E-state index contributed by atoms with van der Waals surface area (Å²) in [5.74, 6) is -1.05. The summed E-state index contributed by atoms with van der Waals surface area (Å²) in [5, 5.41) is 11.7. The number of halogens is 2. The van der Waals surface area contributed by atoms with Crippen LogP contribution in [0.2, 0.25) is 10.0 Å². The molecular weight excluding hydrogens is 355 g/mol. The topological polar surface area (TPSA) is 88.5 Å². The molecule has 0 radical (unpaired) electrons. The van der Waals surface area contributed by atoms with Crippen molar-refractivity contribution in [2.45, 2.75) is 6.42 Å². The average Bonchev–Trinajstić information content (AvgIpc) is 2.56. The van der Waals surface area contributed by atoms with E-state index in [1.807, 2.05) is 0 Å². The number of aliphatic carboxylic acids is 1. The SMILES string of the molecule is COc1ccc(C(=O)NCCC(=O)O)nc1-c1cccc(Cl)c1Cl. The van der Waals surface area contributed by atoms with Gasteiger partial charge in [-0.25, -0.2) is 4.98 Å². The molecule has 0 aliphatic heterocycles. The highest BCUT2D eigenvalue weighted by Crippen LogP contribution is 2.36. The number of hydrogen-bond acceptors (Lipinski definition) is 4. The number of ether oxygens (including phenoxy) is 1. The highest BCUT2D eigenvalue weighted by molar-refractivity contribution is 6.43. The van der Waals surface area contributed by atoms with E-state index < -0.39 is 11.9 Å². The zero-order valence-electron chi connectivity index (χ0n) is 12.7. The molecule has 1 heterocycles. The molecule has 0 spiro atoms. The maximum absolute atomic E-state index is 12.1. The van der Waals surface area contributed by atoms with Crippen molar-refractivity contribution >= 4 is 35.1 Å². The monoisotopic (exact) mass is 368 g/mol. The molecule has 0 bridgehead atoms. The van der Waals surface area contributed by atoms with E-state index in [2.05, 4.69) is 10.3 Å². The minimum Gasteiger partial charge on any atom is -0.494 e. The predicted octanol–water partition coefficient (Wildman–Crippen LogP) is 3.27. The molecule has 0 fully saturated rings. The summed E-state index contributed by atoms with van der Waals surface area (Å²) in [7, 11) is 1.48. The minimum absolute atomic E-state index is 0.00906. The highest BCUT2D eigenvalue weighted by atomic mass is 35.5. The third-order valence-electron chi connectivity index (χ3n) is 3.14. The number of pyridine rings is 1. The Hall–Kier alpha value is -2.31. The molecule has 0 aliphatic rings. The average molecular weight is 369 g/mol. The van der Waals surface area contributed by atoms with Crippen LogP contribution in [-0.4, -0.2) is 35.6 Å². The fraction of sp³-hybridized carbons (Fsp3) is 0.188. The number of carboxylic acid groups (broad SMARTS) is 1. The van der Waals surface area contributed by atoms with Crippen LogP contribution >= 0.6 is 23.2 Å². The van der Waals surface area contributed by atoms with Gasteiger partial charge in [-0.15, -0.1) is 0 Å². The first-order chi connectivity index (χ1) is 11.4. The smallest absolute Gasteiger partial charge is 0.305 e. The lowest BCUT2D eigenvalue weighted by molar-refractivity contribution is -0.136. The third-order valence-corrected chi connectivity index (χ3v) is 3.96. The molecule has 2 N–H and O–H groups in total. The van der Waals surface area contributed by atoms with Gasteiger partial charge in [0.1, 0.15) is 17.1 Å². The van der Waals surface area contributed by atoms with Crippen molar-refractivity contribution in [2.24, 2.45) is 0 Å². The largest absolute Gasteiger partial charge is 0.494 e. The van der Waals surface area contributed by atoms with Crippen LogP contribution in [0.4, 0.5) is 0 Å². The van der Waals surface area contributed by atoms with E-state index in [0.29, 0.717) is 27.1 Å². The summed E-state index contributed by atoms with van der Waals surface area (Å²) < 4.78 is 5.27. The number of benzene rings is 1. The van der Waals surface area contributed by atoms with Crippen molar-refractivity contribution < 1.29 is 19.4 Å². The lowest BCUT2D eigenvalue weighted by atomic mass is 10.1. The van der Waals surface area contributed by atoms with Gasteiger partial charge < -0.3 is 15.2 Å². The number of nitrogens with one attached hydrogen (secondary N) is 1. The van der Waals surface area contributed by atoms with Crippen molar-refractivity contribution in [1.82, 2.24) is 10.3 Å². The van der Waals surface area contributed by atoms with Crippen molar-refractivity contribution in [2.75, 3.05) is 13.7 Å². The van der Waals surface area contributed by atoms with Crippen LogP contribution < -0.4 is 10.1 Å². The summed E-state index contributed by atoms with van der Waals surface area (Å²) in [4.78, 5) is 26.9. The molecular formula is C16H14Cl2N2O4. The standard InChI is InChI=1S/C16H14Cl2N2O4/c1-24-12-6-5-11(16(23)19-8-7-13(21)22)20-15(12)9-3-2-4-10(17)14(9)18/h2-6H,7-8H2,1H3,(H,19,23)(H,21,22). The first kappa shape index (κ1) is 18.0. The number of nitrogens with zero attached hydrogens (tertiary/aromatic N) is 1. The lowest BCUT2D eigenvalue weighted by Crippen LogP contribution is -2.26. The van der Waals surface area contributed by atoms with Gasteiger partial charge in [0.15, 0.2) is 0 Å². The molecule has 1 aromatic heterocycles. The Labute approximate surface area is 148 Å². The summed E-state index contributed by atoms with van der Waals surface area (Å²) in [6, 6.07) is 8.14. The van der Waals surface area contributed by atoms with Gasteiger partial charge in [0.25, 0.3) is 5.91 Å². The summed E-state index contributed by atoms with van der Waals surface area (Å²) in [6.07, 6.45) is -0.172. The number of amides is 1. The van der Waals surface area contributed by atoms with Crippen molar-refractivity contribution in [3.8, 4) is 17.0 Å². The van der Waals surface area contributed by atoms with Crippen molar-refractivity contribution in [3.63, 3.8) is 0 Å². The number of aromatic nitrogens is 1. The van der Waals surface area contributed by atoms with Crippen LogP contribution in [0.25, 0.3) is 11.3 Å². The number of methoxy groups -OCH3 is 1. The molecule has 8 heteroatoms. The van der Waals surface area contributed by atoms with E-state index in [0.717, 1.165) is 0 Å². The second-order valence-electron chi connectivity index (χ2n) is 4.75. The van der Waals surface area contributed by atoms with Gasteiger partial charge in [0.05, 0.1) is 23.6 Å². The van der Waals surface area contributed by atoms with E-state index in [1.54, 1.807) is 24.3 Å². The summed E-state index contributed by atoms with van der Waals surface area (Å²) in [5.41, 5.74) is 1.02. The second kappa shape index (κ2) is 7.99. The third kappa shape index (κ3) is 4.15. The van der Waals surface area contributed by atoms with E-state index >= 15 is 0 Å². The van der Waals surface area contributed by atoms with Crippen LogP contribution in [0.3, 0.4) is 0 Å². The minimum atomic E-state index is -0.996. The van der Waals surface area contributed by atoms with Crippen LogP contribution in [0.15, 0.2) is 30.3 Å². The summed E-state index contributed by atoms with van der Waals surface area (Å²) >= 11 is 12.2. The second-order valence-corrected chi connectivity index (χ2v) is 5.53. The van der Waals surface area contributed by atoms with Gasteiger partial charge >= 0.3 is 5.97 Å². The normalized spacial score (nSPS) is 10.3. The molecule has 2 aromatic rings. The molecule has 1 amide bonds. The number of carboxylic acids is 1. The van der Waals surface area contributed by atoms with Crippen LogP contribution in [0.1, 0.15) is 16.9 Å². The molecule has 126 valence electrons. The van der Waals surface area contributed by atoms with Crippen LogP contribution in [0.5, 0.6) is 5.75 Å². The number of carbonyl (C=O) groups is 2. The van der Waals surface area contributed by atoms with Gasteiger partial charge in [0, 0.05) is 12.1 Å². The molecule has 0 unspecified atom stereocenters. The van der Waals surface area contributed by atoms with E-state index in [1.165, 1.54) is 13.2 Å².